The molecule has 0 saturated carbocycles. The minimum absolute atomic E-state index is 0.683. The maximum Gasteiger partial charge on any atom is 0.0451 e. The van der Waals surface area contributed by atoms with Gasteiger partial charge in [-0.25, -0.2) is 0 Å². The van der Waals surface area contributed by atoms with Crippen LogP contribution in [0.3, 0.4) is 0 Å². The van der Waals surface area contributed by atoms with E-state index in [1.54, 1.807) is 0 Å². The summed E-state index contributed by atoms with van der Waals surface area (Å²) in [4.78, 5) is 6.73. The Morgan fingerprint density at radius 1 is 1.46 bits per heavy atom. The van der Waals surface area contributed by atoms with Gasteiger partial charge in [0, 0.05) is 24.4 Å². The summed E-state index contributed by atoms with van der Waals surface area (Å²) < 4.78 is 0. The van der Waals surface area contributed by atoms with Gasteiger partial charge in [-0.1, -0.05) is 6.07 Å². The van der Waals surface area contributed by atoms with Crippen LogP contribution in [0.15, 0.2) is 18.3 Å². The number of aromatic nitrogens is 1. The molecule has 13 heavy (non-hydrogen) atoms. The SMILES string of the molecule is CN(C)C1CCc2cccnc2C1. The summed E-state index contributed by atoms with van der Waals surface area (Å²) in [5, 5.41) is 0. The molecule has 0 aromatic carbocycles. The van der Waals surface area contributed by atoms with Crippen molar-refractivity contribution in [3.8, 4) is 0 Å². The predicted octanol–water partition coefficient (Wildman–Crippen LogP) is 1.50. The monoisotopic (exact) mass is 176 g/mol. The number of likely N-dealkylation sites (N-methyl/N-ethyl adjacent to an activating group) is 1. The van der Waals surface area contributed by atoms with Gasteiger partial charge < -0.3 is 4.90 Å². The lowest BCUT2D eigenvalue weighted by Gasteiger charge is -2.28. The molecule has 2 heteroatoms. The van der Waals surface area contributed by atoms with Crippen molar-refractivity contribution < 1.29 is 0 Å². The molecule has 1 heterocycles. The van der Waals surface area contributed by atoms with Crippen molar-refractivity contribution in [2.75, 3.05) is 14.1 Å². The molecule has 0 saturated heterocycles. The second-order valence-corrected chi connectivity index (χ2v) is 3.97. The molecule has 1 aromatic heterocycles. The van der Waals surface area contributed by atoms with E-state index in [1.807, 2.05) is 12.3 Å². The molecule has 1 atom stereocenters. The zero-order valence-corrected chi connectivity index (χ0v) is 8.33. The zero-order chi connectivity index (χ0) is 9.26. The first-order valence-electron chi connectivity index (χ1n) is 4.86. The number of hydrogen-bond acceptors (Lipinski definition) is 2. The van der Waals surface area contributed by atoms with Gasteiger partial charge in [-0.05, 0) is 38.6 Å². The average molecular weight is 176 g/mol. The van der Waals surface area contributed by atoms with E-state index >= 15 is 0 Å². The number of aryl methyl sites for hydroxylation is 1. The largest absolute Gasteiger partial charge is 0.306 e. The van der Waals surface area contributed by atoms with Crippen LogP contribution < -0.4 is 0 Å². The first-order valence-corrected chi connectivity index (χ1v) is 4.86. The van der Waals surface area contributed by atoms with Gasteiger partial charge in [0.1, 0.15) is 0 Å². The number of hydrogen-bond donors (Lipinski definition) is 0. The van der Waals surface area contributed by atoms with Crippen molar-refractivity contribution in [2.24, 2.45) is 0 Å². The van der Waals surface area contributed by atoms with E-state index in [0.717, 1.165) is 6.42 Å². The van der Waals surface area contributed by atoms with E-state index in [0.29, 0.717) is 6.04 Å². The Morgan fingerprint density at radius 3 is 3.08 bits per heavy atom. The van der Waals surface area contributed by atoms with Crippen molar-refractivity contribution in [3.63, 3.8) is 0 Å². The van der Waals surface area contributed by atoms with Crippen LogP contribution in [0.2, 0.25) is 0 Å². The quantitative estimate of drug-likeness (QED) is 0.644. The van der Waals surface area contributed by atoms with Crippen molar-refractivity contribution in [3.05, 3.63) is 29.6 Å². The van der Waals surface area contributed by atoms with Gasteiger partial charge in [-0.15, -0.1) is 0 Å². The Labute approximate surface area is 79.6 Å². The van der Waals surface area contributed by atoms with E-state index in [1.165, 1.54) is 24.1 Å². The third-order valence-electron chi connectivity index (χ3n) is 2.89. The molecule has 1 aliphatic carbocycles. The highest BCUT2D eigenvalue weighted by Gasteiger charge is 2.20. The molecular weight excluding hydrogens is 160 g/mol. The fraction of sp³-hybridized carbons (Fsp3) is 0.545. The van der Waals surface area contributed by atoms with Gasteiger partial charge in [0.05, 0.1) is 0 Å². The number of nitrogens with zero attached hydrogens (tertiary/aromatic N) is 2. The zero-order valence-electron chi connectivity index (χ0n) is 8.33. The van der Waals surface area contributed by atoms with E-state index in [9.17, 15) is 0 Å². The van der Waals surface area contributed by atoms with Crippen LogP contribution in [0.4, 0.5) is 0 Å². The van der Waals surface area contributed by atoms with Crippen LogP contribution in [0, 0.1) is 0 Å². The molecule has 0 aliphatic heterocycles. The van der Waals surface area contributed by atoms with Crippen molar-refractivity contribution in [1.82, 2.24) is 9.88 Å². The maximum absolute atomic E-state index is 4.43. The molecule has 1 aliphatic rings. The summed E-state index contributed by atoms with van der Waals surface area (Å²) >= 11 is 0. The van der Waals surface area contributed by atoms with Crippen LogP contribution in [-0.2, 0) is 12.8 Å². The average Bonchev–Trinajstić information content (AvgIpc) is 2.17. The lowest BCUT2D eigenvalue weighted by Crippen LogP contribution is -2.33. The van der Waals surface area contributed by atoms with E-state index in [2.05, 4.69) is 30.0 Å². The third-order valence-corrected chi connectivity index (χ3v) is 2.89. The molecule has 1 aromatic rings. The summed E-state index contributed by atoms with van der Waals surface area (Å²) in [5.74, 6) is 0. The normalized spacial score (nSPS) is 21.6. The standard InChI is InChI=1S/C11H16N2/c1-13(2)10-6-5-9-4-3-7-12-11(9)8-10/h3-4,7,10H,5-6,8H2,1-2H3. The number of rotatable bonds is 1. The summed E-state index contributed by atoms with van der Waals surface area (Å²) in [6.45, 7) is 0. The first-order chi connectivity index (χ1) is 6.27. The summed E-state index contributed by atoms with van der Waals surface area (Å²) in [5.41, 5.74) is 2.74. The molecule has 70 valence electrons. The van der Waals surface area contributed by atoms with E-state index < -0.39 is 0 Å². The molecule has 0 radical (unpaired) electrons. The van der Waals surface area contributed by atoms with Crippen LogP contribution in [-0.4, -0.2) is 30.0 Å². The van der Waals surface area contributed by atoms with E-state index in [4.69, 9.17) is 0 Å². The molecule has 0 N–H and O–H groups in total. The highest BCUT2D eigenvalue weighted by atomic mass is 15.1. The molecule has 2 nitrogen and oxygen atoms in total. The van der Waals surface area contributed by atoms with Gasteiger partial charge in [-0.2, -0.15) is 0 Å². The molecular formula is C11H16N2. The molecule has 0 amide bonds. The Kier molecular flexibility index (Phi) is 2.32. The van der Waals surface area contributed by atoms with Crippen LogP contribution in [0.25, 0.3) is 0 Å². The Bertz CT molecular complexity index is 294. The van der Waals surface area contributed by atoms with Crippen LogP contribution in [0.1, 0.15) is 17.7 Å². The van der Waals surface area contributed by atoms with E-state index in [-0.39, 0.29) is 0 Å². The number of pyridine rings is 1. The van der Waals surface area contributed by atoms with Gasteiger partial charge in [0.25, 0.3) is 0 Å². The van der Waals surface area contributed by atoms with Crippen LogP contribution in [0.5, 0.6) is 0 Å². The van der Waals surface area contributed by atoms with Crippen molar-refractivity contribution >= 4 is 0 Å². The Balaban J connectivity index is 2.20. The highest BCUT2D eigenvalue weighted by molar-refractivity contribution is 5.23. The molecule has 0 bridgehead atoms. The second-order valence-electron chi connectivity index (χ2n) is 3.97. The molecule has 1 unspecified atom stereocenters. The molecule has 2 rings (SSSR count). The molecule has 0 fully saturated rings. The topological polar surface area (TPSA) is 16.1 Å². The second kappa shape index (κ2) is 3.46. The lowest BCUT2D eigenvalue weighted by molar-refractivity contribution is 0.266. The van der Waals surface area contributed by atoms with Gasteiger partial charge in [-0.3, -0.25) is 4.98 Å². The fourth-order valence-corrected chi connectivity index (χ4v) is 1.97. The van der Waals surface area contributed by atoms with Crippen LogP contribution >= 0.6 is 0 Å². The summed E-state index contributed by atoms with van der Waals surface area (Å²) in [6.07, 6.45) is 5.47. The van der Waals surface area contributed by atoms with Gasteiger partial charge in [0.15, 0.2) is 0 Å². The van der Waals surface area contributed by atoms with Gasteiger partial charge >= 0.3 is 0 Å². The minimum Gasteiger partial charge on any atom is -0.306 e. The van der Waals surface area contributed by atoms with Crippen molar-refractivity contribution in [2.45, 2.75) is 25.3 Å². The summed E-state index contributed by atoms with van der Waals surface area (Å²) in [6, 6.07) is 4.92. The summed E-state index contributed by atoms with van der Waals surface area (Å²) in [7, 11) is 4.30. The third kappa shape index (κ3) is 1.73. The Morgan fingerprint density at radius 2 is 2.31 bits per heavy atom. The Hall–Kier alpha value is -0.890. The highest BCUT2D eigenvalue weighted by Crippen LogP contribution is 2.21. The smallest absolute Gasteiger partial charge is 0.0451 e. The fourth-order valence-electron chi connectivity index (χ4n) is 1.97. The minimum atomic E-state index is 0.683. The lowest BCUT2D eigenvalue weighted by atomic mass is 9.91. The predicted molar refractivity (Wildman–Crippen MR) is 53.7 cm³/mol. The number of fused-ring (bicyclic) bond motifs is 1. The maximum atomic E-state index is 4.43. The van der Waals surface area contributed by atoms with Gasteiger partial charge in [0.2, 0.25) is 0 Å². The van der Waals surface area contributed by atoms with Crippen molar-refractivity contribution in [1.29, 1.82) is 0 Å². The molecule has 0 spiro atoms. The first kappa shape index (κ1) is 8.70.